The van der Waals surface area contributed by atoms with Crippen LogP contribution in [-0.2, 0) is 0 Å². The molecule has 1 aliphatic heterocycles. The number of benzene rings is 1. The van der Waals surface area contributed by atoms with Gasteiger partial charge in [0, 0.05) is 18.3 Å². The van der Waals surface area contributed by atoms with Crippen LogP contribution >= 0.6 is 0 Å². The fourth-order valence-electron chi connectivity index (χ4n) is 2.85. The molecule has 3 N–H and O–H groups in total. The lowest BCUT2D eigenvalue weighted by Crippen LogP contribution is -2.49. The predicted molar refractivity (Wildman–Crippen MR) is 83.0 cm³/mol. The summed E-state index contributed by atoms with van der Waals surface area (Å²) in [5.74, 6) is 0.669. The van der Waals surface area contributed by atoms with Crippen LogP contribution in [0.4, 0.5) is 10.5 Å². The Labute approximate surface area is 121 Å². The van der Waals surface area contributed by atoms with Crippen LogP contribution in [0.1, 0.15) is 31.7 Å². The Kier molecular flexibility index (Phi) is 5.41. The normalized spacial score (nSPS) is 22.3. The summed E-state index contributed by atoms with van der Waals surface area (Å²) in [6.45, 7) is 5.98. The van der Waals surface area contributed by atoms with Crippen molar-refractivity contribution in [1.29, 1.82) is 0 Å². The molecule has 0 saturated carbocycles. The van der Waals surface area contributed by atoms with Gasteiger partial charge in [-0.2, -0.15) is 0 Å². The monoisotopic (exact) mass is 275 g/mol. The molecular weight excluding hydrogens is 250 g/mol. The lowest BCUT2D eigenvalue weighted by Gasteiger charge is -2.32. The molecule has 110 valence electrons. The second-order valence-electron chi connectivity index (χ2n) is 5.58. The minimum Gasteiger partial charge on any atom is -0.336 e. The van der Waals surface area contributed by atoms with Gasteiger partial charge in [0.15, 0.2) is 0 Å². The number of rotatable bonds is 4. The van der Waals surface area contributed by atoms with Gasteiger partial charge in [-0.1, -0.05) is 25.5 Å². The summed E-state index contributed by atoms with van der Waals surface area (Å²) < 4.78 is 0. The standard InChI is InChI=1S/C16H25N3O/c1-3-13-7-5-9-17-15(13)11-18-16(20)19-14-8-4-6-12(2)10-14/h4,6,8,10,13,15,17H,3,5,7,9,11H2,1-2H3,(H2,18,19,20). The number of hydrogen-bond donors (Lipinski definition) is 3. The number of anilines is 1. The van der Waals surface area contributed by atoms with Crippen molar-refractivity contribution >= 4 is 11.7 Å². The molecule has 0 spiro atoms. The van der Waals surface area contributed by atoms with Crippen molar-refractivity contribution in [2.75, 3.05) is 18.4 Å². The van der Waals surface area contributed by atoms with Crippen LogP contribution in [0.15, 0.2) is 24.3 Å². The van der Waals surface area contributed by atoms with Gasteiger partial charge in [0.25, 0.3) is 0 Å². The zero-order valence-electron chi connectivity index (χ0n) is 12.4. The van der Waals surface area contributed by atoms with Crippen molar-refractivity contribution in [3.63, 3.8) is 0 Å². The van der Waals surface area contributed by atoms with Crippen molar-refractivity contribution in [3.05, 3.63) is 29.8 Å². The summed E-state index contributed by atoms with van der Waals surface area (Å²) in [4.78, 5) is 11.9. The highest BCUT2D eigenvalue weighted by molar-refractivity contribution is 5.89. The minimum atomic E-state index is -0.127. The largest absolute Gasteiger partial charge is 0.336 e. The van der Waals surface area contributed by atoms with E-state index < -0.39 is 0 Å². The number of nitrogens with one attached hydrogen (secondary N) is 3. The summed E-state index contributed by atoms with van der Waals surface area (Å²) in [7, 11) is 0. The third-order valence-corrected chi connectivity index (χ3v) is 4.01. The quantitative estimate of drug-likeness (QED) is 0.791. The van der Waals surface area contributed by atoms with E-state index in [1.807, 2.05) is 31.2 Å². The van der Waals surface area contributed by atoms with E-state index in [-0.39, 0.29) is 6.03 Å². The maximum Gasteiger partial charge on any atom is 0.319 e. The average Bonchev–Trinajstić information content (AvgIpc) is 2.45. The molecule has 1 heterocycles. The smallest absolute Gasteiger partial charge is 0.319 e. The zero-order chi connectivity index (χ0) is 14.4. The molecule has 1 aromatic carbocycles. The second-order valence-corrected chi connectivity index (χ2v) is 5.58. The molecule has 2 rings (SSSR count). The molecule has 4 heteroatoms. The number of amides is 2. The van der Waals surface area contributed by atoms with Gasteiger partial charge in [-0.05, 0) is 49.9 Å². The van der Waals surface area contributed by atoms with E-state index in [0.717, 1.165) is 17.8 Å². The highest BCUT2D eigenvalue weighted by Gasteiger charge is 2.23. The van der Waals surface area contributed by atoms with E-state index >= 15 is 0 Å². The highest BCUT2D eigenvalue weighted by atomic mass is 16.2. The first kappa shape index (κ1) is 14.9. The first-order valence-corrected chi connectivity index (χ1v) is 7.54. The molecule has 1 aromatic rings. The van der Waals surface area contributed by atoms with Crippen LogP contribution in [0.3, 0.4) is 0 Å². The van der Waals surface area contributed by atoms with E-state index in [9.17, 15) is 4.79 Å². The average molecular weight is 275 g/mol. The Morgan fingerprint density at radius 1 is 1.45 bits per heavy atom. The summed E-state index contributed by atoms with van der Waals surface area (Å²) in [5, 5.41) is 9.36. The zero-order valence-corrected chi connectivity index (χ0v) is 12.4. The molecule has 2 atom stereocenters. The Bertz CT molecular complexity index is 447. The predicted octanol–water partition coefficient (Wildman–Crippen LogP) is 2.89. The van der Waals surface area contributed by atoms with Gasteiger partial charge in [-0.15, -0.1) is 0 Å². The molecular formula is C16H25N3O. The van der Waals surface area contributed by atoms with Crippen molar-refractivity contribution < 1.29 is 4.79 Å². The van der Waals surface area contributed by atoms with Crippen molar-refractivity contribution in [2.45, 2.75) is 39.2 Å². The van der Waals surface area contributed by atoms with E-state index in [0.29, 0.717) is 18.5 Å². The molecule has 20 heavy (non-hydrogen) atoms. The van der Waals surface area contributed by atoms with Crippen molar-refractivity contribution in [1.82, 2.24) is 10.6 Å². The summed E-state index contributed by atoms with van der Waals surface area (Å²) in [5.41, 5.74) is 1.98. The Balaban J connectivity index is 1.79. The molecule has 1 aliphatic rings. The third-order valence-electron chi connectivity index (χ3n) is 4.01. The van der Waals surface area contributed by atoms with Gasteiger partial charge in [0.2, 0.25) is 0 Å². The Morgan fingerprint density at radius 2 is 2.30 bits per heavy atom. The SMILES string of the molecule is CCC1CCCNC1CNC(=O)Nc1cccc(C)c1. The van der Waals surface area contributed by atoms with Crippen LogP contribution in [0, 0.1) is 12.8 Å². The third kappa shape index (κ3) is 4.23. The fourth-order valence-corrected chi connectivity index (χ4v) is 2.85. The number of hydrogen-bond acceptors (Lipinski definition) is 2. The molecule has 0 bridgehead atoms. The van der Waals surface area contributed by atoms with E-state index in [1.165, 1.54) is 19.3 Å². The van der Waals surface area contributed by atoms with Gasteiger partial charge < -0.3 is 16.0 Å². The maximum atomic E-state index is 11.9. The Hall–Kier alpha value is -1.55. The summed E-state index contributed by atoms with van der Waals surface area (Å²) >= 11 is 0. The van der Waals surface area contributed by atoms with Gasteiger partial charge in [0.05, 0.1) is 0 Å². The first-order chi connectivity index (χ1) is 9.69. The van der Waals surface area contributed by atoms with E-state index in [2.05, 4.69) is 22.9 Å². The highest BCUT2D eigenvalue weighted by Crippen LogP contribution is 2.19. The van der Waals surface area contributed by atoms with Crippen LogP contribution in [0.25, 0.3) is 0 Å². The molecule has 2 unspecified atom stereocenters. The molecule has 0 aliphatic carbocycles. The van der Waals surface area contributed by atoms with Crippen LogP contribution < -0.4 is 16.0 Å². The molecule has 4 nitrogen and oxygen atoms in total. The van der Waals surface area contributed by atoms with Crippen molar-refractivity contribution in [2.24, 2.45) is 5.92 Å². The fraction of sp³-hybridized carbons (Fsp3) is 0.562. The topological polar surface area (TPSA) is 53.2 Å². The lowest BCUT2D eigenvalue weighted by atomic mass is 9.89. The number of urea groups is 1. The molecule has 0 aromatic heterocycles. The number of aryl methyl sites for hydroxylation is 1. The minimum absolute atomic E-state index is 0.127. The Morgan fingerprint density at radius 3 is 3.05 bits per heavy atom. The first-order valence-electron chi connectivity index (χ1n) is 7.54. The molecule has 2 amide bonds. The summed E-state index contributed by atoms with van der Waals surface area (Å²) in [6.07, 6.45) is 3.67. The second kappa shape index (κ2) is 7.29. The van der Waals surface area contributed by atoms with Crippen LogP contribution in [-0.4, -0.2) is 25.2 Å². The van der Waals surface area contributed by atoms with Gasteiger partial charge in [-0.25, -0.2) is 4.79 Å². The van der Waals surface area contributed by atoms with Gasteiger partial charge in [-0.3, -0.25) is 0 Å². The number of piperidine rings is 1. The summed E-state index contributed by atoms with van der Waals surface area (Å²) in [6, 6.07) is 8.10. The van der Waals surface area contributed by atoms with Gasteiger partial charge >= 0.3 is 6.03 Å². The molecule has 0 radical (unpaired) electrons. The van der Waals surface area contributed by atoms with Crippen LogP contribution in [0.2, 0.25) is 0 Å². The lowest BCUT2D eigenvalue weighted by molar-refractivity contribution is 0.239. The van der Waals surface area contributed by atoms with Crippen molar-refractivity contribution in [3.8, 4) is 0 Å². The number of carbonyl (C=O) groups is 1. The van der Waals surface area contributed by atoms with Crippen LogP contribution in [0.5, 0.6) is 0 Å². The number of carbonyl (C=O) groups excluding carboxylic acids is 1. The van der Waals surface area contributed by atoms with Gasteiger partial charge in [0.1, 0.15) is 0 Å². The molecule has 1 fully saturated rings. The molecule has 1 saturated heterocycles. The maximum absolute atomic E-state index is 11.9. The van der Waals surface area contributed by atoms with E-state index in [1.54, 1.807) is 0 Å². The van der Waals surface area contributed by atoms with E-state index in [4.69, 9.17) is 0 Å².